The van der Waals surface area contributed by atoms with Crippen LogP contribution in [0.1, 0.15) is 49.3 Å². The first-order chi connectivity index (χ1) is 18.0. The molecule has 1 atom stereocenters. The number of nitrogens with one attached hydrogen (secondary N) is 1. The Labute approximate surface area is 229 Å². The molecule has 5 nitrogen and oxygen atoms in total. The largest absolute Gasteiger partial charge is 0.494 e. The molecule has 3 aromatic carbocycles. The summed E-state index contributed by atoms with van der Waals surface area (Å²) in [5.41, 5.74) is 3.18. The van der Waals surface area contributed by atoms with Gasteiger partial charge in [0.15, 0.2) is 0 Å². The summed E-state index contributed by atoms with van der Waals surface area (Å²) in [5.74, 6) is 0.627. The number of carbonyl (C=O) groups excluding carboxylic acids is 2. The first kappa shape index (κ1) is 28.5. The molecule has 0 aliphatic heterocycles. The van der Waals surface area contributed by atoms with Crippen molar-refractivity contribution in [1.29, 1.82) is 0 Å². The Kier molecular flexibility index (Phi) is 11.7. The monoisotopic (exact) mass is 564 g/mol. The van der Waals surface area contributed by atoms with E-state index in [1.165, 1.54) is 5.56 Å². The number of benzene rings is 3. The first-order valence-electron chi connectivity index (χ1n) is 13.0. The number of carbonyl (C=O) groups is 2. The van der Waals surface area contributed by atoms with Gasteiger partial charge in [0.2, 0.25) is 11.8 Å². The van der Waals surface area contributed by atoms with E-state index < -0.39 is 6.04 Å². The topological polar surface area (TPSA) is 58.6 Å². The molecule has 0 spiro atoms. The molecule has 0 aliphatic carbocycles. The van der Waals surface area contributed by atoms with Crippen LogP contribution in [0.5, 0.6) is 5.75 Å². The highest BCUT2D eigenvalue weighted by molar-refractivity contribution is 9.10. The van der Waals surface area contributed by atoms with Gasteiger partial charge in [-0.3, -0.25) is 9.59 Å². The normalized spacial score (nSPS) is 11.5. The Balaban J connectivity index is 1.76. The fourth-order valence-electron chi connectivity index (χ4n) is 4.04. The van der Waals surface area contributed by atoms with Crippen molar-refractivity contribution in [2.45, 2.75) is 58.5 Å². The van der Waals surface area contributed by atoms with Crippen LogP contribution in [-0.4, -0.2) is 35.9 Å². The molecular weight excluding hydrogens is 528 g/mol. The number of hydrogen-bond donors (Lipinski definition) is 1. The summed E-state index contributed by atoms with van der Waals surface area (Å²) < 4.78 is 6.81. The van der Waals surface area contributed by atoms with E-state index in [0.717, 1.165) is 34.2 Å². The maximum absolute atomic E-state index is 13.6. The SMILES string of the molecule is CCCCNC(=O)[C@@H](Cc1ccccc1)N(Cc1ccc(Br)cc1)C(=O)CCCOc1ccc(C)cc1. The average Bonchev–Trinajstić information content (AvgIpc) is 2.91. The predicted molar refractivity (Wildman–Crippen MR) is 152 cm³/mol. The van der Waals surface area contributed by atoms with E-state index >= 15 is 0 Å². The molecule has 0 heterocycles. The zero-order valence-corrected chi connectivity index (χ0v) is 23.4. The van der Waals surface area contributed by atoms with Crippen molar-refractivity contribution in [2.24, 2.45) is 0 Å². The van der Waals surface area contributed by atoms with Crippen molar-refractivity contribution in [1.82, 2.24) is 10.2 Å². The van der Waals surface area contributed by atoms with Gasteiger partial charge in [0, 0.05) is 30.4 Å². The lowest BCUT2D eigenvalue weighted by Gasteiger charge is -2.31. The van der Waals surface area contributed by atoms with Crippen molar-refractivity contribution < 1.29 is 14.3 Å². The molecular formula is C31H37BrN2O3. The second kappa shape index (κ2) is 15.2. The molecule has 6 heteroatoms. The summed E-state index contributed by atoms with van der Waals surface area (Å²) in [6.07, 6.45) is 3.23. The summed E-state index contributed by atoms with van der Waals surface area (Å²) in [5, 5.41) is 3.06. The molecule has 0 aliphatic rings. The Morgan fingerprint density at radius 1 is 0.919 bits per heavy atom. The molecule has 0 aromatic heterocycles. The van der Waals surface area contributed by atoms with Gasteiger partial charge in [-0.05, 0) is 55.2 Å². The van der Waals surface area contributed by atoms with Crippen molar-refractivity contribution in [2.75, 3.05) is 13.2 Å². The van der Waals surface area contributed by atoms with E-state index in [9.17, 15) is 9.59 Å². The number of amides is 2. The minimum Gasteiger partial charge on any atom is -0.494 e. The molecule has 37 heavy (non-hydrogen) atoms. The molecule has 0 saturated heterocycles. The highest BCUT2D eigenvalue weighted by Crippen LogP contribution is 2.19. The van der Waals surface area contributed by atoms with Gasteiger partial charge in [-0.25, -0.2) is 0 Å². The van der Waals surface area contributed by atoms with Crippen LogP contribution in [0.25, 0.3) is 0 Å². The summed E-state index contributed by atoms with van der Waals surface area (Å²) in [4.78, 5) is 28.8. The van der Waals surface area contributed by atoms with Crippen LogP contribution in [0, 0.1) is 6.92 Å². The molecule has 3 aromatic rings. The lowest BCUT2D eigenvalue weighted by Crippen LogP contribution is -2.50. The molecule has 3 rings (SSSR count). The lowest BCUT2D eigenvalue weighted by molar-refractivity contribution is -0.141. The highest BCUT2D eigenvalue weighted by Gasteiger charge is 2.30. The van der Waals surface area contributed by atoms with Crippen LogP contribution in [0.4, 0.5) is 0 Å². The van der Waals surface area contributed by atoms with Crippen LogP contribution in [0.15, 0.2) is 83.3 Å². The summed E-state index contributed by atoms with van der Waals surface area (Å²) in [7, 11) is 0. The third-order valence-electron chi connectivity index (χ3n) is 6.19. The summed E-state index contributed by atoms with van der Waals surface area (Å²) >= 11 is 3.48. The number of ether oxygens (including phenoxy) is 1. The zero-order chi connectivity index (χ0) is 26.5. The van der Waals surface area contributed by atoms with Crippen LogP contribution in [0.3, 0.4) is 0 Å². The van der Waals surface area contributed by atoms with E-state index in [2.05, 4.69) is 28.2 Å². The molecule has 0 unspecified atom stereocenters. The zero-order valence-electron chi connectivity index (χ0n) is 21.8. The van der Waals surface area contributed by atoms with Gasteiger partial charge in [0.1, 0.15) is 11.8 Å². The van der Waals surface area contributed by atoms with E-state index in [-0.39, 0.29) is 11.8 Å². The number of hydrogen-bond acceptors (Lipinski definition) is 3. The van der Waals surface area contributed by atoms with Gasteiger partial charge in [-0.1, -0.05) is 89.4 Å². The average molecular weight is 566 g/mol. The Morgan fingerprint density at radius 2 is 1.62 bits per heavy atom. The van der Waals surface area contributed by atoms with Crippen molar-refractivity contribution in [3.63, 3.8) is 0 Å². The smallest absolute Gasteiger partial charge is 0.243 e. The van der Waals surface area contributed by atoms with Crippen LogP contribution < -0.4 is 10.1 Å². The molecule has 0 bridgehead atoms. The number of rotatable bonds is 14. The van der Waals surface area contributed by atoms with E-state index in [0.29, 0.717) is 39.0 Å². The molecule has 2 amide bonds. The maximum Gasteiger partial charge on any atom is 0.243 e. The van der Waals surface area contributed by atoms with Crippen LogP contribution in [0.2, 0.25) is 0 Å². The maximum atomic E-state index is 13.6. The number of halogens is 1. The first-order valence-corrected chi connectivity index (χ1v) is 13.8. The standard InChI is InChI=1S/C31H37BrN2O3/c1-3-4-20-33-31(36)29(22-25-9-6-5-7-10-25)34(23-26-14-16-27(32)17-15-26)30(35)11-8-21-37-28-18-12-24(2)13-19-28/h5-7,9-10,12-19,29H,3-4,8,11,20-23H2,1-2H3,(H,33,36)/t29-/m1/s1. The third kappa shape index (κ3) is 9.69. The van der Waals surface area contributed by atoms with Gasteiger partial charge >= 0.3 is 0 Å². The Hall–Kier alpha value is -3.12. The molecule has 0 fully saturated rings. The second-order valence-corrected chi connectivity index (χ2v) is 10.2. The van der Waals surface area contributed by atoms with Gasteiger partial charge in [0.05, 0.1) is 6.61 Å². The molecule has 196 valence electrons. The molecule has 0 radical (unpaired) electrons. The van der Waals surface area contributed by atoms with Gasteiger partial charge in [0.25, 0.3) is 0 Å². The van der Waals surface area contributed by atoms with Gasteiger partial charge in [-0.2, -0.15) is 0 Å². The van der Waals surface area contributed by atoms with Gasteiger partial charge in [-0.15, -0.1) is 0 Å². The third-order valence-corrected chi connectivity index (χ3v) is 6.72. The van der Waals surface area contributed by atoms with E-state index in [4.69, 9.17) is 4.74 Å². The minimum atomic E-state index is -0.603. The number of aryl methyl sites for hydroxylation is 1. The van der Waals surface area contributed by atoms with Crippen molar-refractivity contribution in [3.05, 3.63) is 100 Å². The van der Waals surface area contributed by atoms with Gasteiger partial charge < -0.3 is 15.0 Å². The van der Waals surface area contributed by atoms with E-state index in [1.807, 2.05) is 85.8 Å². The van der Waals surface area contributed by atoms with Crippen LogP contribution in [-0.2, 0) is 22.6 Å². The van der Waals surface area contributed by atoms with E-state index in [1.54, 1.807) is 4.90 Å². The predicted octanol–water partition coefficient (Wildman–Crippen LogP) is 6.47. The lowest BCUT2D eigenvalue weighted by atomic mass is 10.0. The van der Waals surface area contributed by atoms with Crippen LogP contribution >= 0.6 is 15.9 Å². The van der Waals surface area contributed by atoms with Crippen molar-refractivity contribution in [3.8, 4) is 5.75 Å². The second-order valence-electron chi connectivity index (χ2n) is 9.26. The Bertz CT molecular complexity index is 1100. The summed E-state index contributed by atoms with van der Waals surface area (Å²) in [6.45, 7) is 5.53. The molecule has 1 N–H and O–H groups in total. The van der Waals surface area contributed by atoms with Crippen molar-refractivity contribution >= 4 is 27.7 Å². The Morgan fingerprint density at radius 3 is 2.30 bits per heavy atom. The highest BCUT2D eigenvalue weighted by atomic mass is 79.9. The minimum absolute atomic E-state index is 0.0537. The quantitative estimate of drug-likeness (QED) is 0.228. The fraction of sp³-hybridized carbons (Fsp3) is 0.355. The number of nitrogens with zero attached hydrogens (tertiary/aromatic N) is 1. The fourth-order valence-corrected chi connectivity index (χ4v) is 4.30. The molecule has 0 saturated carbocycles. The summed E-state index contributed by atoms with van der Waals surface area (Å²) in [6, 6.07) is 25.1. The number of unbranched alkanes of at least 4 members (excludes halogenated alkanes) is 1.